The van der Waals surface area contributed by atoms with Crippen LogP contribution in [-0.4, -0.2) is 41.6 Å². The molecule has 1 saturated heterocycles. The Morgan fingerprint density at radius 2 is 2.11 bits per heavy atom. The van der Waals surface area contributed by atoms with Crippen LogP contribution < -0.4 is 4.74 Å². The second kappa shape index (κ2) is 5.73. The van der Waals surface area contributed by atoms with Crippen LogP contribution in [0.2, 0.25) is 0 Å². The van der Waals surface area contributed by atoms with Gasteiger partial charge in [-0.1, -0.05) is 17.7 Å². The molecule has 5 heteroatoms. The molecule has 5 nitrogen and oxygen atoms in total. The SMILES string of the molecule is Cc1ccc(OCCN2CCC(C(=O)O)C2=O)cc1. The van der Waals surface area contributed by atoms with Crippen molar-refractivity contribution >= 4 is 11.9 Å². The van der Waals surface area contributed by atoms with E-state index in [1.165, 1.54) is 0 Å². The molecule has 1 heterocycles. The molecule has 1 aromatic carbocycles. The summed E-state index contributed by atoms with van der Waals surface area (Å²) in [5.41, 5.74) is 1.16. The topological polar surface area (TPSA) is 66.8 Å². The van der Waals surface area contributed by atoms with E-state index < -0.39 is 11.9 Å². The summed E-state index contributed by atoms with van der Waals surface area (Å²) in [6, 6.07) is 7.66. The summed E-state index contributed by atoms with van der Waals surface area (Å²) >= 11 is 0. The Hall–Kier alpha value is -2.04. The van der Waals surface area contributed by atoms with Gasteiger partial charge in [-0.3, -0.25) is 9.59 Å². The Labute approximate surface area is 111 Å². The van der Waals surface area contributed by atoms with E-state index in [2.05, 4.69) is 0 Å². The zero-order valence-electron chi connectivity index (χ0n) is 10.8. The second-order valence-electron chi connectivity index (χ2n) is 4.67. The first-order chi connectivity index (χ1) is 9.08. The monoisotopic (exact) mass is 263 g/mol. The molecule has 1 aliphatic rings. The molecule has 0 spiro atoms. The lowest BCUT2D eigenvalue weighted by atomic mass is 10.1. The van der Waals surface area contributed by atoms with Crippen LogP contribution in [0.25, 0.3) is 0 Å². The summed E-state index contributed by atoms with van der Waals surface area (Å²) in [4.78, 5) is 24.1. The number of benzene rings is 1. The highest BCUT2D eigenvalue weighted by atomic mass is 16.5. The minimum Gasteiger partial charge on any atom is -0.492 e. The number of aryl methyl sites for hydroxylation is 1. The van der Waals surface area contributed by atoms with Crippen molar-refractivity contribution in [2.45, 2.75) is 13.3 Å². The van der Waals surface area contributed by atoms with Gasteiger partial charge < -0.3 is 14.7 Å². The van der Waals surface area contributed by atoms with Crippen LogP contribution >= 0.6 is 0 Å². The largest absolute Gasteiger partial charge is 0.492 e. The fourth-order valence-electron chi connectivity index (χ4n) is 2.10. The normalized spacial score (nSPS) is 18.7. The van der Waals surface area contributed by atoms with Gasteiger partial charge in [-0.05, 0) is 25.5 Å². The van der Waals surface area contributed by atoms with Gasteiger partial charge in [0, 0.05) is 6.54 Å². The first-order valence-corrected chi connectivity index (χ1v) is 6.29. The molecule has 102 valence electrons. The zero-order valence-corrected chi connectivity index (χ0v) is 10.8. The summed E-state index contributed by atoms with van der Waals surface area (Å²) in [7, 11) is 0. The molecule has 1 amide bonds. The third-order valence-corrected chi connectivity index (χ3v) is 3.25. The lowest BCUT2D eigenvalue weighted by Crippen LogP contribution is -2.33. The number of likely N-dealkylation sites (tertiary alicyclic amines) is 1. The Bertz CT molecular complexity index is 469. The van der Waals surface area contributed by atoms with Crippen LogP contribution in [0.1, 0.15) is 12.0 Å². The molecule has 1 unspecified atom stereocenters. The van der Waals surface area contributed by atoms with Crippen molar-refractivity contribution in [3.8, 4) is 5.75 Å². The standard InChI is InChI=1S/C14H17NO4/c1-10-2-4-11(5-3-10)19-9-8-15-7-6-12(13(15)16)14(17)18/h2-5,12H,6-9H2,1H3,(H,17,18). The lowest BCUT2D eigenvalue weighted by Gasteiger charge is -2.16. The first-order valence-electron chi connectivity index (χ1n) is 6.29. The highest BCUT2D eigenvalue weighted by molar-refractivity contribution is 5.98. The zero-order chi connectivity index (χ0) is 13.8. The predicted octanol–water partition coefficient (Wildman–Crippen LogP) is 1.31. The van der Waals surface area contributed by atoms with Crippen molar-refractivity contribution in [3.63, 3.8) is 0 Å². The average molecular weight is 263 g/mol. The number of aliphatic carboxylic acids is 1. The first kappa shape index (κ1) is 13.4. The van der Waals surface area contributed by atoms with E-state index in [-0.39, 0.29) is 5.91 Å². The number of carbonyl (C=O) groups excluding carboxylic acids is 1. The second-order valence-corrected chi connectivity index (χ2v) is 4.67. The third kappa shape index (κ3) is 3.24. The summed E-state index contributed by atoms with van der Waals surface area (Å²) in [5, 5.41) is 8.85. The average Bonchev–Trinajstić information content (AvgIpc) is 2.74. The lowest BCUT2D eigenvalue weighted by molar-refractivity contribution is -0.147. The smallest absolute Gasteiger partial charge is 0.316 e. The van der Waals surface area contributed by atoms with Crippen LogP contribution in [0.3, 0.4) is 0 Å². The van der Waals surface area contributed by atoms with Crippen LogP contribution in [0.5, 0.6) is 5.75 Å². The molecule has 0 saturated carbocycles. The summed E-state index contributed by atoms with van der Waals surface area (Å²) in [6.07, 6.45) is 0.388. The Morgan fingerprint density at radius 1 is 1.42 bits per heavy atom. The van der Waals surface area contributed by atoms with E-state index in [0.29, 0.717) is 26.1 Å². The van der Waals surface area contributed by atoms with Crippen molar-refractivity contribution in [1.29, 1.82) is 0 Å². The van der Waals surface area contributed by atoms with Crippen molar-refractivity contribution < 1.29 is 19.4 Å². The molecule has 0 bridgehead atoms. The van der Waals surface area contributed by atoms with Gasteiger partial charge in [0.1, 0.15) is 18.3 Å². The van der Waals surface area contributed by atoms with Crippen molar-refractivity contribution in [2.75, 3.05) is 19.7 Å². The fourth-order valence-corrected chi connectivity index (χ4v) is 2.10. The number of amides is 1. The molecule has 1 fully saturated rings. The van der Waals surface area contributed by atoms with Gasteiger partial charge in [-0.15, -0.1) is 0 Å². The molecule has 1 aliphatic heterocycles. The van der Waals surface area contributed by atoms with Crippen LogP contribution in [0.15, 0.2) is 24.3 Å². The number of carbonyl (C=O) groups is 2. The maximum absolute atomic E-state index is 11.7. The van der Waals surface area contributed by atoms with Crippen LogP contribution in [-0.2, 0) is 9.59 Å². The summed E-state index contributed by atoms with van der Waals surface area (Å²) in [6.45, 7) is 3.30. The molecule has 0 aliphatic carbocycles. The molecule has 0 radical (unpaired) electrons. The van der Waals surface area contributed by atoms with Crippen molar-refractivity contribution in [1.82, 2.24) is 4.90 Å². The molecular weight excluding hydrogens is 246 g/mol. The molecule has 2 rings (SSSR count). The van der Waals surface area contributed by atoms with Crippen molar-refractivity contribution in [2.24, 2.45) is 5.92 Å². The molecule has 1 N–H and O–H groups in total. The number of nitrogens with zero attached hydrogens (tertiary/aromatic N) is 1. The van der Waals surface area contributed by atoms with Gasteiger partial charge in [-0.25, -0.2) is 0 Å². The van der Waals surface area contributed by atoms with Gasteiger partial charge in [0.05, 0.1) is 6.54 Å². The highest BCUT2D eigenvalue weighted by Crippen LogP contribution is 2.18. The maximum Gasteiger partial charge on any atom is 0.316 e. The minimum atomic E-state index is -1.04. The van der Waals surface area contributed by atoms with Gasteiger partial charge in [0.25, 0.3) is 0 Å². The molecule has 19 heavy (non-hydrogen) atoms. The highest BCUT2D eigenvalue weighted by Gasteiger charge is 2.36. The van der Waals surface area contributed by atoms with E-state index in [0.717, 1.165) is 11.3 Å². The minimum absolute atomic E-state index is 0.306. The summed E-state index contributed by atoms with van der Waals surface area (Å²) < 4.78 is 5.53. The van der Waals surface area contributed by atoms with Crippen LogP contribution in [0.4, 0.5) is 0 Å². The maximum atomic E-state index is 11.7. The number of rotatable bonds is 5. The number of hydrogen-bond donors (Lipinski definition) is 1. The Balaban J connectivity index is 1.79. The molecule has 0 aromatic heterocycles. The number of carboxylic acid groups (broad SMARTS) is 1. The predicted molar refractivity (Wildman–Crippen MR) is 69.0 cm³/mol. The fraction of sp³-hybridized carbons (Fsp3) is 0.429. The number of carboxylic acids is 1. The van der Waals surface area contributed by atoms with E-state index in [4.69, 9.17) is 9.84 Å². The van der Waals surface area contributed by atoms with E-state index in [9.17, 15) is 9.59 Å². The van der Waals surface area contributed by atoms with E-state index >= 15 is 0 Å². The molecule has 1 aromatic rings. The third-order valence-electron chi connectivity index (χ3n) is 3.25. The molecular formula is C14H17NO4. The quantitative estimate of drug-likeness (QED) is 0.813. The van der Waals surface area contributed by atoms with E-state index in [1.54, 1.807) is 4.90 Å². The van der Waals surface area contributed by atoms with Gasteiger partial charge >= 0.3 is 5.97 Å². The summed E-state index contributed by atoms with van der Waals surface area (Å²) in [5.74, 6) is -1.46. The van der Waals surface area contributed by atoms with E-state index in [1.807, 2.05) is 31.2 Å². The van der Waals surface area contributed by atoms with Gasteiger partial charge in [-0.2, -0.15) is 0 Å². The Morgan fingerprint density at radius 3 is 2.68 bits per heavy atom. The molecule has 1 atom stereocenters. The van der Waals surface area contributed by atoms with Crippen molar-refractivity contribution in [3.05, 3.63) is 29.8 Å². The number of hydrogen-bond acceptors (Lipinski definition) is 3. The van der Waals surface area contributed by atoms with Gasteiger partial charge in [0.2, 0.25) is 5.91 Å². The van der Waals surface area contributed by atoms with Crippen LogP contribution in [0, 0.1) is 12.8 Å². The van der Waals surface area contributed by atoms with Gasteiger partial charge in [0.15, 0.2) is 0 Å². The Kier molecular flexibility index (Phi) is 4.04. The number of ether oxygens (including phenoxy) is 1.